The van der Waals surface area contributed by atoms with E-state index in [2.05, 4.69) is 27.7 Å². The number of rotatable bonds is 2. The molecule has 3 nitrogen and oxygen atoms in total. The maximum absolute atomic E-state index is 14.4. The molecule has 34 heavy (non-hydrogen) atoms. The first kappa shape index (κ1) is 20.4. The van der Waals surface area contributed by atoms with E-state index < -0.39 is 0 Å². The van der Waals surface area contributed by atoms with Crippen LogP contribution < -0.4 is 0 Å². The lowest BCUT2D eigenvalue weighted by Gasteiger charge is -2.57. The van der Waals surface area contributed by atoms with Gasteiger partial charge in [-0.3, -0.25) is 4.79 Å². The molecule has 0 saturated heterocycles. The standard InChI is InChI=1S/C31H40N2O/c34-30(31-17-20-13-21(18-31)15-22(14-20)19-31)33-12-11-32-27-10-9-24(23-5-2-1-3-6-23)16-26(27)25-7-4-8-28(33)29(25)32/h9-10,16,20-23,28H,1-8,11-15,17-19H2. The summed E-state index contributed by atoms with van der Waals surface area (Å²) in [6.45, 7) is 1.91. The molecule has 1 amide bonds. The number of aryl methyl sites for hydroxylation is 1. The summed E-state index contributed by atoms with van der Waals surface area (Å²) in [4.78, 5) is 16.8. The van der Waals surface area contributed by atoms with Gasteiger partial charge in [0.25, 0.3) is 0 Å². The van der Waals surface area contributed by atoms with Crippen LogP contribution in [0, 0.1) is 23.2 Å². The van der Waals surface area contributed by atoms with Crippen LogP contribution in [0.2, 0.25) is 0 Å². The highest BCUT2D eigenvalue weighted by atomic mass is 16.2. The third kappa shape index (κ3) is 2.85. The molecule has 1 aliphatic heterocycles. The number of amides is 1. The van der Waals surface area contributed by atoms with Gasteiger partial charge in [0.05, 0.1) is 11.5 Å². The van der Waals surface area contributed by atoms with Gasteiger partial charge in [0, 0.05) is 29.7 Å². The molecular weight excluding hydrogens is 416 g/mol. The van der Waals surface area contributed by atoms with Crippen LogP contribution in [0.3, 0.4) is 0 Å². The molecule has 2 heterocycles. The van der Waals surface area contributed by atoms with Gasteiger partial charge in [0.2, 0.25) is 5.91 Å². The number of fused-ring (bicyclic) bond motifs is 3. The number of benzene rings is 1. The van der Waals surface area contributed by atoms with Crippen LogP contribution in [0.5, 0.6) is 0 Å². The lowest BCUT2D eigenvalue weighted by molar-refractivity contribution is -0.161. The number of carbonyl (C=O) groups excluding carboxylic acids is 1. The molecule has 0 N–H and O–H groups in total. The molecule has 1 aromatic heterocycles. The second-order valence-electron chi connectivity index (χ2n) is 13.2. The summed E-state index contributed by atoms with van der Waals surface area (Å²) in [5.41, 5.74) is 6.13. The van der Waals surface area contributed by atoms with Crippen molar-refractivity contribution in [1.29, 1.82) is 0 Å². The molecule has 2 aromatic rings. The SMILES string of the molecule is O=C(N1CCn2c3c(c4cc(C5CCCCC5)ccc42)CCCC31)C12CC3CC(CC(C3)C1)C2. The van der Waals surface area contributed by atoms with Gasteiger partial charge in [-0.25, -0.2) is 0 Å². The van der Waals surface area contributed by atoms with Gasteiger partial charge in [0.15, 0.2) is 0 Å². The van der Waals surface area contributed by atoms with Crippen LogP contribution >= 0.6 is 0 Å². The van der Waals surface area contributed by atoms with E-state index in [1.54, 1.807) is 11.1 Å². The van der Waals surface area contributed by atoms with Gasteiger partial charge in [-0.05, 0) is 118 Å². The number of hydrogen-bond donors (Lipinski definition) is 0. The minimum Gasteiger partial charge on any atom is -0.341 e. The van der Waals surface area contributed by atoms with Crippen molar-refractivity contribution >= 4 is 16.8 Å². The summed E-state index contributed by atoms with van der Waals surface area (Å²) < 4.78 is 2.63. The predicted molar refractivity (Wildman–Crippen MR) is 136 cm³/mol. The van der Waals surface area contributed by atoms with Gasteiger partial charge in [-0.2, -0.15) is 0 Å². The number of carbonyl (C=O) groups is 1. The number of nitrogens with zero attached hydrogens (tertiary/aromatic N) is 2. The minimum absolute atomic E-state index is 0.00526. The zero-order valence-electron chi connectivity index (χ0n) is 20.7. The maximum atomic E-state index is 14.4. The molecule has 0 radical (unpaired) electrons. The first-order chi connectivity index (χ1) is 16.7. The highest BCUT2D eigenvalue weighted by Crippen LogP contribution is 2.61. The summed E-state index contributed by atoms with van der Waals surface area (Å²) in [6.07, 6.45) is 18.4. The van der Waals surface area contributed by atoms with Crippen LogP contribution in [0.15, 0.2) is 18.2 Å². The van der Waals surface area contributed by atoms with Crippen LogP contribution in [0.25, 0.3) is 10.9 Å². The molecule has 5 fully saturated rings. The largest absolute Gasteiger partial charge is 0.341 e. The van der Waals surface area contributed by atoms with Gasteiger partial charge >= 0.3 is 0 Å². The average molecular weight is 457 g/mol. The van der Waals surface area contributed by atoms with E-state index >= 15 is 0 Å². The topological polar surface area (TPSA) is 25.2 Å². The fourth-order valence-electron chi connectivity index (χ4n) is 10.2. The maximum Gasteiger partial charge on any atom is 0.229 e. The van der Waals surface area contributed by atoms with Crippen molar-refractivity contribution < 1.29 is 4.79 Å². The number of aromatic nitrogens is 1. The van der Waals surface area contributed by atoms with E-state index in [9.17, 15) is 4.79 Å². The van der Waals surface area contributed by atoms with Gasteiger partial charge in [0.1, 0.15) is 0 Å². The van der Waals surface area contributed by atoms with Crippen molar-refractivity contribution in [3.63, 3.8) is 0 Å². The highest BCUT2D eigenvalue weighted by Gasteiger charge is 2.56. The fourth-order valence-corrected chi connectivity index (χ4v) is 10.2. The van der Waals surface area contributed by atoms with Crippen molar-refractivity contribution in [1.82, 2.24) is 9.47 Å². The molecule has 9 rings (SSSR count). The van der Waals surface area contributed by atoms with Crippen LogP contribution in [0.1, 0.15) is 112 Å². The van der Waals surface area contributed by atoms with Crippen molar-refractivity contribution in [3.05, 3.63) is 35.0 Å². The van der Waals surface area contributed by atoms with Crippen molar-refractivity contribution in [2.75, 3.05) is 6.54 Å². The quantitative estimate of drug-likeness (QED) is 0.472. The zero-order valence-corrected chi connectivity index (χ0v) is 20.7. The Bertz CT molecular complexity index is 1120. The van der Waals surface area contributed by atoms with Crippen molar-refractivity contribution in [3.8, 4) is 0 Å². The smallest absolute Gasteiger partial charge is 0.229 e. The van der Waals surface area contributed by atoms with Gasteiger partial charge < -0.3 is 9.47 Å². The van der Waals surface area contributed by atoms with Crippen LogP contribution in [-0.4, -0.2) is 21.9 Å². The molecule has 180 valence electrons. The Morgan fingerprint density at radius 3 is 2.32 bits per heavy atom. The normalized spacial score (nSPS) is 36.8. The second-order valence-corrected chi connectivity index (χ2v) is 13.2. The van der Waals surface area contributed by atoms with E-state index in [1.807, 2.05) is 0 Å². The Morgan fingerprint density at radius 1 is 0.853 bits per heavy atom. The molecule has 6 aliphatic carbocycles. The third-order valence-corrected chi connectivity index (χ3v) is 11.2. The summed E-state index contributed by atoms with van der Waals surface area (Å²) >= 11 is 0. The van der Waals surface area contributed by atoms with E-state index in [0.29, 0.717) is 11.9 Å². The summed E-state index contributed by atoms with van der Waals surface area (Å²) in [7, 11) is 0. The van der Waals surface area contributed by atoms with Crippen LogP contribution in [0.4, 0.5) is 0 Å². The predicted octanol–water partition coefficient (Wildman–Crippen LogP) is 7.13. The van der Waals surface area contributed by atoms with Gasteiger partial charge in [-0.15, -0.1) is 0 Å². The van der Waals surface area contributed by atoms with E-state index in [4.69, 9.17) is 0 Å². The zero-order chi connectivity index (χ0) is 22.4. The number of hydrogen-bond acceptors (Lipinski definition) is 1. The van der Waals surface area contributed by atoms with Gasteiger partial charge in [-0.1, -0.05) is 25.3 Å². The molecule has 1 unspecified atom stereocenters. The summed E-state index contributed by atoms with van der Waals surface area (Å²) in [5, 5.41) is 1.52. The Labute approximate surface area is 204 Å². The second kappa shape index (κ2) is 7.37. The van der Waals surface area contributed by atoms with E-state index in [1.165, 1.54) is 100 Å². The average Bonchev–Trinajstić information content (AvgIpc) is 3.18. The van der Waals surface area contributed by atoms with E-state index in [-0.39, 0.29) is 5.41 Å². The molecule has 1 atom stereocenters. The molecular formula is C31H40N2O. The monoisotopic (exact) mass is 456 g/mol. The van der Waals surface area contributed by atoms with E-state index in [0.717, 1.165) is 43.2 Å². The Kier molecular flexibility index (Phi) is 4.43. The Morgan fingerprint density at radius 2 is 1.59 bits per heavy atom. The summed E-state index contributed by atoms with van der Waals surface area (Å²) in [5.74, 6) is 3.84. The molecule has 7 aliphatic rings. The summed E-state index contributed by atoms with van der Waals surface area (Å²) in [6, 6.07) is 7.77. The molecule has 0 spiro atoms. The molecule has 5 saturated carbocycles. The van der Waals surface area contributed by atoms with Crippen molar-refractivity contribution in [2.45, 2.75) is 108 Å². The minimum atomic E-state index is -0.00526. The first-order valence-corrected chi connectivity index (χ1v) is 14.6. The lowest BCUT2D eigenvalue weighted by atomic mass is 9.49. The van der Waals surface area contributed by atoms with Crippen LogP contribution in [-0.2, 0) is 17.8 Å². The first-order valence-electron chi connectivity index (χ1n) is 14.6. The molecule has 3 heteroatoms. The highest BCUT2D eigenvalue weighted by molar-refractivity contribution is 5.89. The molecule has 1 aromatic carbocycles. The lowest BCUT2D eigenvalue weighted by Crippen LogP contribution is -2.56. The fraction of sp³-hybridized carbons (Fsp3) is 0.710. The Hall–Kier alpha value is -1.77. The molecule has 4 bridgehead atoms. The van der Waals surface area contributed by atoms with Crippen molar-refractivity contribution in [2.24, 2.45) is 23.2 Å². The third-order valence-electron chi connectivity index (χ3n) is 11.2. The Balaban J connectivity index is 1.17.